The highest BCUT2D eigenvalue weighted by atomic mass is 35.5. The molecule has 0 heterocycles. The zero-order valence-corrected chi connectivity index (χ0v) is 18.0. The number of halogens is 2. The van der Waals surface area contributed by atoms with Gasteiger partial charge in [-0.05, 0) is 36.2 Å². The van der Waals surface area contributed by atoms with E-state index >= 15 is 0 Å². The van der Waals surface area contributed by atoms with Crippen molar-refractivity contribution in [3.8, 4) is 0 Å². The van der Waals surface area contributed by atoms with Gasteiger partial charge in [-0.2, -0.15) is 0 Å². The van der Waals surface area contributed by atoms with Crippen molar-refractivity contribution < 1.29 is 9.59 Å². The third kappa shape index (κ3) is 5.85. The molecule has 3 aromatic rings. The third-order valence-electron chi connectivity index (χ3n) is 4.74. The summed E-state index contributed by atoms with van der Waals surface area (Å²) in [6, 6.07) is 22.9. The van der Waals surface area contributed by atoms with Crippen LogP contribution < -0.4 is 10.6 Å². The Kier molecular flexibility index (Phi) is 7.50. The Morgan fingerprint density at radius 2 is 1.50 bits per heavy atom. The Labute approximate surface area is 186 Å². The molecule has 6 heteroatoms. The third-order valence-corrected chi connectivity index (χ3v) is 5.29. The molecule has 0 bridgehead atoms. The zero-order valence-electron chi connectivity index (χ0n) is 16.4. The van der Waals surface area contributed by atoms with Crippen LogP contribution in [0.2, 0.25) is 10.0 Å². The summed E-state index contributed by atoms with van der Waals surface area (Å²) in [5, 5.41) is 6.48. The summed E-state index contributed by atoms with van der Waals surface area (Å²) in [6.07, 6.45) is 0.352. The molecule has 2 unspecified atom stereocenters. The summed E-state index contributed by atoms with van der Waals surface area (Å²) in [5.74, 6) is -0.700. The standard InChI is InChI=1S/C24H22Cl2N2O2/c1-16(18-10-6-3-7-11-18)27-24(30)22(14-17-8-4-2-5-9-17)28-23(29)20-13-12-19(25)15-21(20)26/h2-13,15-16,22H,14H2,1H3,(H,27,30)(H,28,29). The molecule has 0 spiro atoms. The molecule has 0 fully saturated rings. The largest absolute Gasteiger partial charge is 0.348 e. The monoisotopic (exact) mass is 440 g/mol. The van der Waals surface area contributed by atoms with E-state index in [1.54, 1.807) is 12.1 Å². The van der Waals surface area contributed by atoms with Gasteiger partial charge in [-0.1, -0.05) is 83.9 Å². The number of benzene rings is 3. The van der Waals surface area contributed by atoms with Crippen molar-refractivity contribution in [1.82, 2.24) is 10.6 Å². The Hall–Kier alpha value is -2.82. The van der Waals surface area contributed by atoms with E-state index in [1.807, 2.05) is 67.6 Å². The van der Waals surface area contributed by atoms with E-state index < -0.39 is 11.9 Å². The summed E-state index contributed by atoms with van der Waals surface area (Å²) in [5.41, 5.74) is 2.19. The van der Waals surface area contributed by atoms with E-state index in [1.165, 1.54) is 6.07 Å². The number of amides is 2. The molecule has 0 saturated heterocycles. The molecule has 2 atom stereocenters. The molecular weight excluding hydrogens is 419 g/mol. The van der Waals surface area contributed by atoms with Gasteiger partial charge in [-0.3, -0.25) is 9.59 Å². The molecule has 3 aromatic carbocycles. The summed E-state index contributed by atoms with van der Waals surface area (Å²) in [6.45, 7) is 1.91. The number of hydrogen-bond acceptors (Lipinski definition) is 2. The summed E-state index contributed by atoms with van der Waals surface area (Å²) in [7, 11) is 0. The van der Waals surface area contributed by atoms with Gasteiger partial charge in [0.2, 0.25) is 5.91 Å². The lowest BCUT2D eigenvalue weighted by molar-refractivity contribution is -0.123. The quantitative estimate of drug-likeness (QED) is 0.529. The van der Waals surface area contributed by atoms with Crippen LogP contribution in [0.15, 0.2) is 78.9 Å². The van der Waals surface area contributed by atoms with Crippen LogP contribution in [0.4, 0.5) is 0 Å². The lowest BCUT2D eigenvalue weighted by Gasteiger charge is -2.22. The van der Waals surface area contributed by atoms with Crippen LogP contribution in [-0.4, -0.2) is 17.9 Å². The lowest BCUT2D eigenvalue weighted by atomic mass is 10.0. The first-order chi connectivity index (χ1) is 14.4. The van der Waals surface area contributed by atoms with Gasteiger partial charge < -0.3 is 10.6 Å². The van der Waals surface area contributed by atoms with Gasteiger partial charge in [0.15, 0.2) is 0 Å². The minimum absolute atomic E-state index is 0.201. The minimum Gasteiger partial charge on any atom is -0.348 e. The Bertz CT molecular complexity index is 1010. The topological polar surface area (TPSA) is 58.2 Å². The number of nitrogens with one attached hydrogen (secondary N) is 2. The van der Waals surface area contributed by atoms with Crippen LogP contribution in [0.25, 0.3) is 0 Å². The van der Waals surface area contributed by atoms with Gasteiger partial charge in [-0.25, -0.2) is 0 Å². The number of carbonyl (C=O) groups is 2. The highest BCUT2D eigenvalue weighted by Crippen LogP contribution is 2.21. The molecular formula is C24H22Cl2N2O2. The first-order valence-electron chi connectivity index (χ1n) is 9.59. The first-order valence-corrected chi connectivity index (χ1v) is 10.3. The fraction of sp³-hybridized carbons (Fsp3) is 0.167. The molecule has 0 radical (unpaired) electrons. The Morgan fingerprint density at radius 1 is 0.867 bits per heavy atom. The van der Waals surface area contributed by atoms with E-state index in [-0.39, 0.29) is 22.5 Å². The molecule has 30 heavy (non-hydrogen) atoms. The molecule has 3 rings (SSSR count). The molecule has 2 amide bonds. The second-order valence-corrected chi connectivity index (χ2v) is 7.82. The molecule has 4 nitrogen and oxygen atoms in total. The fourth-order valence-electron chi connectivity index (χ4n) is 3.11. The molecule has 2 N–H and O–H groups in total. The highest BCUT2D eigenvalue weighted by Gasteiger charge is 2.24. The maximum atomic E-state index is 13.1. The molecule has 0 saturated carbocycles. The van der Waals surface area contributed by atoms with E-state index in [2.05, 4.69) is 10.6 Å². The highest BCUT2D eigenvalue weighted by molar-refractivity contribution is 6.36. The molecule has 0 aliphatic heterocycles. The summed E-state index contributed by atoms with van der Waals surface area (Å²) >= 11 is 12.1. The van der Waals surface area contributed by atoms with Gasteiger partial charge in [0.1, 0.15) is 6.04 Å². The Balaban J connectivity index is 1.79. The fourth-order valence-corrected chi connectivity index (χ4v) is 3.60. The average Bonchev–Trinajstić information content (AvgIpc) is 2.74. The van der Waals surface area contributed by atoms with E-state index in [0.717, 1.165) is 11.1 Å². The predicted octanol–water partition coefficient (Wildman–Crippen LogP) is 5.21. The number of carbonyl (C=O) groups excluding carboxylic acids is 2. The predicted molar refractivity (Wildman–Crippen MR) is 121 cm³/mol. The number of hydrogen-bond donors (Lipinski definition) is 2. The van der Waals surface area contributed by atoms with Crippen molar-refractivity contribution in [1.29, 1.82) is 0 Å². The van der Waals surface area contributed by atoms with Crippen LogP contribution in [0.3, 0.4) is 0 Å². The zero-order chi connectivity index (χ0) is 21.5. The summed E-state index contributed by atoms with van der Waals surface area (Å²) < 4.78 is 0. The van der Waals surface area contributed by atoms with Crippen molar-refractivity contribution in [3.63, 3.8) is 0 Å². The Morgan fingerprint density at radius 3 is 2.13 bits per heavy atom. The van der Waals surface area contributed by atoms with Gasteiger partial charge in [0, 0.05) is 11.4 Å². The minimum atomic E-state index is -0.766. The maximum absolute atomic E-state index is 13.1. The van der Waals surface area contributed by atoms with Gasteiger partial charge >= 0.3 is 0 Å². The summed E-state index contributed by atoms with van der Waals surface area (Å²) in [4.78, 5) is 25.9. The van der Waals surface area contributed by atoms with Crippen molar-refractivity contribution in [3.05, 3.63) is 106 Å². The van der Waals surface area contributed by atoms with E-state index in [9.17, 15) is 9.59 Å². The average molecular weight is 441 g/mol. The van der Waals surface area contributed by atoms with Crippen molar-refractivity contribution in [2.75, 3.05) is 0 Å². The maximum Gasteiger partial charge on any atom is 0.253 e. The first kappa shape index (κ1) is 21.9. The normalized spacial score (nSPS) is 12.6. The van der Waals surface area contributed by atoms with Crippen LogP contribution in [0.1, 0.15) is 34.5 Å². The van der Waals surface area contributed by atoms with Crippen LogP contribution in [0, 0.1) is 0 Å². The second kappa shape index (κ2) is 10.3. The molecule has 0 aromatic heterocycles. The SMILES string of the molecule is CC(NC(=O)C(Cc1ccccc1)NC(=O)c1ccc(Cl)cc1Cl)c1ccccc1. The smallest absolute Gasteiger partial charge is 0.253 e. The van der Waals surface area contributed by atoms with Gasteiger partial charge in [0.25, 0.3) is 5.91 Å². The number of rotatable bonds is 7. The van der Waals surface area contributed by atoms with Gasteiger partial charge in [0.05, 0.1) is 16.6 Å². The van der Waals surface area contributed by atoms with E-state index in [0.29, 0.717) is 11.4 Å². The molecule has 0 aliphatic rings. The van der Waals surface area contributed by atoms with E-state index in [4.69, 9.17) is 23.2 Å². The van der Waals surface area contributed by atoms with Crippen LogP contribution >= 0.6 is 23.2 Å². The van der Waals surface area contributed by atoms with Crippen LogP contribution in [0.5, 0.6) is 0 Å². The van der Waals surface area contributed by atoms with Gasteiger partial charge in [-0.15, -0.1) is 0 Å². The van der Waals surface area contributed by atoms with Crippen LogP contribution in [-0.2, 0) is 11.2 Å². The van der Waals surface area contributed by atoms with Crippen molar-refractivity contribution in [2.24, 2.45) is 0 Å². The molecule has 0 aliphatic carbocycles. The molecule has 154 valence electrons. The van der Waals surface area contributed by atoms with Crippen molar-refractivity contribution >= 4 is 35.0 Å². The van der Waals surface area contributed by atoms with Crippen molar-refractivity contribution in [2.45, 2.75) is 25.4 Å². The lowest BCUT2D eigenvalue weighted by Crippen LogP contribution is -2.48. The second-order valence-electron chi connectivity index (χ2n) is 6.98.